The Balaban J connectivity index is 2.68. The Kier molecular flexibility index (Phi) is 4.66. The van der Waals surface area contributed by atoms with Crippen molar-refractivity contribution in [2.75, 3.05) is 0 Å². The molecule has 0 aliphatic carbocycles. The number of carboxylic acid groups (broad SMARTS) is 1. The average Bonchev–Trinajstić information content (AvgIpc) is 2.64. The van der Waals surface area contributed by atoms with E-state index in [2.05, 4.69) is 10.3 Å². The lowest BCUT2D eigenvalue weighted by Crippen LogP contribution is -2.35. The van der Waals surface area contributed by atoms with E-state index < -0.39 is 23.7 Å². The quantitative estimate of drug-likeness (QED) is 0.877. The van der Waals surface area contributed by atoms with Gasteiger partial charge in [-0.1, -0.05) is 0 Å². The van der Waals surface area contributed by atoms with Crippen LogP contribution in [0.5, 0.6) is 0 Å². The zero-order chi connectivity index (χ0) is 13.8. The molecule has 0 saturated carbocycles. The van der Waals surface area contributed by atoms with E-state index in [1.165, 1.54) is 17.5 Å². The van der Waals surface area contributed by atoms with Crippen LogP contribution in [0.15, 0.2) is 11.7 Å². The van der Waals surface area contributed by atoms with Gasteiger partial charge in [0.2, 0.25) is 0 Å². The molecule has 0 spiro atoms. The number of ether oxygens (including phenoxy) is 1. The summed E-state index contributed by atoms with van der Waals surface area (Å²) in [6, 6.07) is -0.621. The number of carbonyl (C=O) groups excluding carboxylic acids is 1. The highest BCUT2D eigenvalue weighted by Crippen LogP contribution is 2.21. The average molecular weight is 272 g/mol. The monoisotopic (exact) mass is 272 g/mol. The first kappa shape index (κ1) is 14.4. The zero-order valence-corrected chi connectivity index (χ0v) is 11.3. The molecular formula is C11H16N2O4S. The summed E-state index contributed by atoms with van der Waals surface area (Å²) in [6.07, 6.45) is 0.694. The van der Waals surface area contributed by atoms with Gasteiger partial charge in [0.15, 0.2) is 0 Å². The van der Waals surface area contributed by atoms with E-state index in [4.69, 9.17) is 9.84 Å². The predicted molar refractivity (Wildman–Crippen MR) is 66.5 cm³/mol. The number of hydrogen-bond donors (Lipinski definition) is 2. The van der Waals surface area contributed by atoms with Gasteiger partial charge in [-0.15, -0.1) is 11.3 Å². The summed E-state index contributed by atoms with van der Waals surface area (Å²) in [4.78, 5) is 26.9. The van der Waals surface area contributed by atoms with Crippen LogP contribution < -0.4 is 5.32 Å². The largest absolute Gasteiger partial charge is 0.481 e. The smallest absolute Gasteiger partial charge is 0.408 e. The first-order valence-corrected chi connectivity index (χ1v) is 6.25. The van der Waals surface area contributed by atoms with Crippen LogP contribution in [0.3, 0.4) is 0 Å². The third-order valence-corrected chi connectivity index (χ3v) is 2.75. The summed E-state index contributed by atoms with van der Waals surface area (Å²) in [5.41, 5.74) is 0.965. The van der Waals surface area contributed by atoms with Crippen molar-refractivity contribution in [1.29, 1.82) is 0 Å². The molecule has 0 aliphatic rings. The Labute approximate surface area is 109 Å². The molecule has 1 atom stereocenters. The maximum absolute atomic E-state index is 11.6. The van der Waals surface area contributed by atoms with Crippen molar-refractivity contribution in [2.24, 2.45) is 0 Å². The molecule has 0 fully saturated rings. The summed E-state index contributed by atoms with van der Waals surface area (Å²) >= 11 is 1.29. The third kappa shape index (κ3) is 5.13. The van der Waals surface area contributed by atoms with Crippen molar-refractivity contribution in [1.82, 2.24) is 10.3 Å². The molecule has 0 aromatic carbocycles. The van der Waals surface area contributed by atoms with Gasteiger partial charge in [-0.05, 0) is 20.8 Å². The van der Waals surface area contributed by atoms with Crippen LogP contribution in [0.25, 0.3) is 0 Å². The van der Waals surface area contributed by atoms with Crippen LogP contribution in [0, 0.1) is 0 Å². The van der Waals surface area contributed by atoms with Crippen molar-refractivity contribution in [3.63, 3.8) is 0 Å². The Bertz CT molecular complexity index is 411. The van der Waals surface area contributed by atoms with Gasteiger partial charge in [-0.2, -0.15) is 0 Å². The number of aromatic nitrogens is 1. The fourth-order valence-corrected chi connectivity index (χ4v) is 1.92. The van der Waals surface area contributed by atoms with Crippen LogP contribution >= 0.6 is 11.3 Å². The van der Waals surface area contributed by atoms with E-state index in [-0.39, 0.29) is 6.42 Å². The molecule has 1 rings (SSSR count). The summed E-state index contributed by atoms with van der Waals surface area (Å²) in [7, 11) is 0. The fraction of sp³-hybridized carbons (Fsp3) is 0.545. The number of rotatable bonds is 4. The maximum atomic E-state index is 11.6. The number of amides is 1. The number of carboxylic acids is 1. The summed E-state index contributed by atoms with van der Waals surface area (Å²) in [5.74, 6) is -0.996. The van der Waals surface area contributed by atoms with Crippen molar-refractivity contribution in [3.8, 4) is 0 Å². The van der Waals surface area contributed by atoms with E-state index in [9.17, 15) is 9.59 Å². The highest BCUT2D eigenvalue weighted by atomic mass is 32.1. The molecule has 0 radical (unpaired) electrons. The predicted octanol–water partition coefficient (Wildman–Crippen LogP) is 2.18. The van der Waals surface area contributed by atoms with Crippen molar-refractivity contribution < 1.29 is 19.4 Å². The van der Waals surface area contributed by atoms with Crippen LogP contribution in [-0.2, 0) is 9.53 Å². The molecule has 0 bridgehead atoms. The van der Waals surface area contributed by atoms with E-state index in [1.54, 1.807) is 26.3 Å². The van der Waals surface area contributed by atoms with Gasteiger partial charge in [0.05, 0.1) is 18.0 Å². The normalized spacial score (nSPS) is 12.8. The molecule has 0 saturated heterocycles. The van der Waals surface area contributed by atoms with E-state index in [0.717, 1.165) is 0 Å². The van der Waals surface area contributed by atoms with Crippen LogP contribution in [-0.4, -0.2) is 27.8 Å². The Morgan fingerprint density at radius 1 is 1.56 bits per heavy atom. The van der Waals surface area contributed by atoms with E-state index in [0.29, 0.717) is 4.88 Å². The van der Waals surface area contributed by atoms with Gasteiger partial charge in [-0.25, -0.2) is 4.79 Å². The Morgan fingerprint density at radius 3 is 2.67 bits per heavy atom. The molecule has 1 aromatic heterocycles. The van der Waals surface area contributed by atoms with E-state index in [1.807, 2.05) is 0 Å². The van der Waals surface area contributed by atoms with Crippen molar-refractivity contribution in [3.05, 3.63) is 16.6 Å². The Morgan fingerprint density at radius 2 is 2.22 bits per heavy atom. The standard InChI is InChI=1S/C11H16N2O4S/c1-11(2,3)17-10(16)13-7(4-9(14)15)8-5-12-6-18-8/h5-7H,4H2,1-3H3,(H,13,16)(H,14,15)/t7-/m0/s1. The highest BCUT2D eigenvalue weighted by Gasteiger charge is 2.23. The highest BCUT2D eigenvalue weighted by molar-refractivity contribution is 7.09. The summed E-state index contributed by atoms with van der Waals surface area (Å²) < 4.78 is 5.09. The number of nitrogens with one attached hydrogen (secondary N) is 1. The minimum Gasteiger partial charge on any atom is -0.481 e. The van der Waals surface area contributed by atoms with Gasteiger partial charge in [-0.3, -0.25) is 9.78 Å². The zero-order valence-electron chi connectivity index (χ0n) is 10.5. The molecule has 1 amide bonds. The molecule has 7 heteroatoms. The van der Waals surface area contributed by atoms with Gasteiger partial charge in [0.1, 0.15) is 5.60 Å². The molecule has 6 nitrogen and oxygen atoms in total. The second-order valence-electron chi connectivity index (χ2n) is 4.70. The maximum Gasteiger partial charge on any atom is 0.408 e. The molecule has 1 aromatic rings. The van der Waals surface area contributed by atoms with Gasteiger partial charge in [0, 0.05) is 11.1 Å². The number of aliphatic carboxylic acids is 1. The number of alkyl carbamates (subject to hydrolysis) is 1. The third-order valence-electron chi connectivity index (χ3n) is 1.86. The molecular weight excluding hydrogens is 256 g/mol. The lowest BCUT2D eigenvalue weighted by atomic mass is 10.2. The minimum atomic E-state index is -0.996. The first-order chi connectivity index (χ1) is 8.28. The second-order valence-corrected chi connectivity index (χ2v) is 5.62. The number of hydrogen-bond acceptors (Lipinski definition) is 5. The van der Waals surface area contributed by atoms with Gasteiger partial charge in [0.25, 0.3) is 0 Å². The van der Waals surface area contributed by atoms with Gasteiger partial charge < -0.3 is 15.2 Å². The number of carbonyl (C=O) groups is 2. The SMILES string of the molecule is CC(C)(C)OC(=O)N[C@@H](CC(=O)O)c1cncs1. The lowest BCUT2D eigenvalue weighted by molar-refractivity contribution is -0.137. The molecule has 18 heavy (non-hydrogen) atoms. The van der Waals surface area contributed by atoms with Crippen LogP contribution in [0.4, 0.5) is 4.79 Å². The number of nitrogens with zero attached hydrogens (tertiary/aromatic N) is 1. The molecule has 100 valence electrons. The number of thiazole rings is 1. The minimum absolute atomic E-state index is 0.207. The van der Waals surface area contributed by atoms with Gasteiger partial charge >= 0.3 is 12.1 Å². The van der Waals surface area contributed by atoms with Crippen molar-refractivity contribution >= 4 is 23.4 Å². The van der Waals surface area contributed by atoms with Crippen LogP contribution in [0.1, 0.15) is 38.1 Å². The summed E-state index contributed by atoms with van der Waals surface area (Å²) in [5, 5.41) is 11.4. The van der Waals surface area contributed by atoms with Crippen LogP contribution in [0.2, 0.25) is 0 Å². The van der Waals surface area contributed by atoms with Crippen molar-refractivity contribution in [2.45, 2.75) is 38.8 Å². The molecule has 0 unspecified atom stereocenters. The first-order valence-electron chi connectivity index (χ1n) is 5.37. The molecule has 0 aliphatic heterocycles. The lowest BCUT2D eigenvalue weighted by Gasteiger charge is -2.22. The molecule has 1 heterocycles. The fourth-order valence-electron chi connectivity index (χ4n) is 1.24. The topological polar surface area (TPSA) is 88.5 Å². The Hall–Kier alpha value is -1.63. The van der Waals surface area contributed by atoms with E-state index >= 15 is 0 Å². The summed E-state index contributed by atoms with van der Waals surface area (Å²) in [6.45, 7) is 5.22. The second kappa shape index (κ2) is 5.81. The molecule has 2 N–H and O–H groups in total.